The van der Waals surface area contributed by atoms with Gasteiger partial charge in [0.15, 0.2) is 0 Å². The van der Waals surface area contributed by atoms with E-state index < -0.39 is 5.60 Å². The lowest BCUT2D eigenvalue weighted by molar-refractivity contribution is -0.133. The zero-order valence-electron chi connectivity index (χ0n) is 20.4. The zero-order valence-corrected chi connectivity index (χ0v) is 20.4. The Kier molecular flexibility index (Phi) is 6.65. The SMILES string of the molecule is CN(CC1(O)CCCN(c2ccnc3ccncc23)C1)C(=O)CCCn1cnc2ccccc2c1=O. The second-order valence-corrected chi connectivity index (χ2v) is 9.59. The monoisotopic (exact) mass is 486 g/mol. The van der Waals surface area contributed by atoms with Crippen LogP contribution in [0.25, 0.3) is 21.8 Å². The van der Waals surface area contributed by atoms with E-state index in [4.69, 9.17) is 0 Å². The van der Waals surface area contributed by atoms with Crippen molar-refractivity contribution >= 4 is 33.4 Å². The van der Waals surface area contributed by atoms with Gasteiger partial charge in [-0.2, -0.15) is 0 Å². The van der Waals surface area contributed by atoms with Crippen molar-refractivity contribution in [3.05, 3.63) is 71.7 Å². The molecule has 1 saturated heterocycles. The molecule has 0 spiro atoms. The molecule has 1 atom stereocenters. The van der Waals surface area contributed by atoms with Crippen molar-refractivity contribution in [3.63, 3.8) is 0 Å². The minimum atomic E-state index is -1.01. The highest BCUT2D eigenvalue weighted by atomic mass is 16.3. The highest BCUT2D eigenvalue weighted by Gasteiger charge is 2.36. The lowest BCUT2D eigenvalue weighted by Gasteiger charge is -2.42. The van der Waals surface area contributed by atoms with Crippen LogP contribution >= 0.6 is 0 Å². The third-order valence-corrected chi connectivity index (χ3v) is 6.89. The molecule has 1 fully saturated rings. The molecular weight excluding hydrogens is 456 g/mol. The first kappa shape index (κ1) is 23.9. The third kappa shape index (κ3) is 4.92. The smallest absolute Gasteiger partial charge is 0.261 e. The number of carbonyl (C=O) groups excluding carboxylic acids is 1. The summed E-state index contributed by atoms with van der Waals surface area (Å²) in [5.41, 5.74) is 1.41. The summed E-state index contributed by atoms with van der Waals surface area (Å²) in [6, 6.07) is 11.1. The number of β-amino-alcohol motifs (C(OH)–C–C–N with tert-alkyl or cyclic N) is 1. The lowest BCUT2D eigenvalue weighted by atomic mass is 9.91. The second kappa shape index (κ2) is 10.0. The molecule has 1 aliphatic rings. The predicted molar refractivity (Wildman–Crippen MR) is 139 cm³/mol. The van der Waals surface area contributed by atoms with Gasteiger partial charge in [-0.05, 0) is 43.5 Å². The summed E-state index contributed by atoms with van der Waals surface area (Å²) in [6.07, 6.45) is 9.09. The fourth-order valence-electron chi connectivity index (χ4n) is 5.08. The maximum Gasteiger partial charge on any atom is 0.261 e. The fraction of sp³-hybridized carbons (Fsp3) is 0.370. The van der Waals surface area contributed by atoms with Crippen molar-refractivity contribution in [1.29, 1.82) is 0 Å². The van der Waals surface area contributed by atoms with E-state index in [1.54, 1.807) is 41.2 Å². The van der Waals surface area contributed by atoms with Gasteiger partial charge in [0.2, 0.25) is 5.91 Å². The third-order valence-electron chi connectivity index (χ3n) is 6.89. The van der Waals surface area contributed by atoms with Gasteiger partial charge in [0.05, 0.1) is 34.9 Å². The molecular formula is C27H30N6O3. The van der Waals surface area contributed by atoms with E-state index in [2.05, 4.69) is 19.9 Å². The Morgan fingerprint density at radius 2 is 1.94 bits per heavy atom. The summed E-state index contributed by atoms with van der Waals surface area (Å²) >= 11 is 0. The summed E-state index contributed by atoms with van der Waals surface area (Å²) < 4.78 is 1.55. The van der Waals surface area contributed by atoms with Crippen molar-refractivity contribution in [2.24, 2.45) is 0 Å². The Bertz CT molecular complexity index is 1450. The maximum absolute atomic E-state index is 12.9. The van der Waals surface area contributed by atoms with E-state index in [9.17, 15) is 14.7 Å². The van der Waals surface area contributed by atoms with Crippen LogP contribution < -0.4 is 10.5 Å². The molecule has 9 heteroatoms. The number of likely N-dealkylation sites (N-methyl/N-ethyl adjacent to an activating group) is 1. The Labute approximate surface area is 209 Å². The van der Waals surface area contributed by atoms with E-state index in [1.807, 2.05) is 30.3 Å². The number of aromatic nitrogens is 4. The van der Waals surface area contributed by atoms with E-state index in [0.29, 0.717) is 36.8 Å². The van der Waals surface area contributed by atoms with E-state index in [1.165, 1.54) is 6.33 Å². The number of hydrogen-bond donors (Lipinski definition) is 1. The number of anilines is 1. The highest BCUT2D eigenvalue weighted by Crippen LogP contribution is 2.31. The van der Waals surface area contributed by atoms with Crippen LogP contribution in [-0.4, -0.2) is 67.7 Å². The maximum atomic E-state index is 12.9. The first-order chi connectivity index (χ1) is 17.4. The molecule has 1 amide bonds. The topological polar surface area (TPSA) is 104 Å². The molecule has 4 aromatic rings. The molecule has 0 radical (unpaired) electrons. The average molecular weight is 487 g/mol. The molecule has 186 valence electrons. The first-order valence-electron chi connectivity index (χ1n) is 12.3. The number of piperidine rings is 1. The Morgan fingerprint density at radius 3 is 2.83 bits per heavy atom. The molecule has 5 rings (SSSR count). The zero-order chi connectivity index (χ0) is 25.1. The summed E-state index contributed by atoms with van der Waals surface area (Å²) in [6.45, 7) is 1.91. The average Bonchev–Trinajstić information content (AvgIpc) is 2.89. The van der Waals surface area contributed by atoms with E-state index >= 15 is 0 Å². The van der Waals surface area contributed by atoms with E-state index in [0.717, 1.165) is 29.6 Å². The van der Waals surface area contributed by atoms with Crippen molar-refractivity contribution in [2.75, 3.05) is 31.6 Å². The quantitative estimate of drug-likeness (QED) is 0.428. The number of aryl methyl sites for hydroxylation is 1. The standard InChI is InChI=1S/C27H30N6O3/c1-31(25(34)8-4-14-33-19-30-22-7-3-2-6-20(22)26(33)35)17-27(36)11-5-15-32(18-27)24-10-13-29-23-9-12-28-16-21(23)24/h2-3,6-7,9-10,12-13,16,19,36H,4-5,8,11,14-15,17-18H2,1H3. The number of pyridine rings is 2. The van der Waals surface area contributed by atoms with Crippen LogP contribution in [0, 0.1) is 0 Å². The van der Waals surface area contributed by atoms with Gasteiger partial charge in [0, 0.05) is 62.8 Å². The van der Waals surface area contributed by atoms with Gasteiger partial charge in [-0.15, -0.1) is 0 Å². The van der Waals surface area contributed by atoms with Crippen LogP contribution in [0.4, 0.5) is 5.69 Å². The highest BCUT2D eigenvalue weighted by molar-refractivity contribution is 5.90. The second-order valence-electron chi connectivity index (χ2n) is 9.59. The Hall–Kier alpha value is -3.85. The number of amides is 1. The van der Waals surface area contributed by atoms with Crippen molar-refractivity contribution < 1.29 is 9.90 Å². The summed E-state index contributed by atoms with van der Waals surface area (Å²) in [4.78, 5) is 42.3. The molecule has 0 bridgehead atoms. The summed E-state index contributed by atoms with van der Waals surface area (Å²) in [7, 11) is 1.73. The van der Waals surface area contributed by atoms with Gasteiger partial charge >= 0.3 is 0 Å². The number of rotatable bonds is 7. The molecule has 0 aliphatic carbocycles. The number of fused-ring (bicyclic) bond motifs is 2. The molecule has 1 aliphatic heterocycles. The number of hydrogen-bond acceptors (Lipinski definition) is 7. The van der Waals surface area contributed by atoms with Gasteiger partial charge < -0.3 is 14.9 Å². The normalized spacial score (nSPS) is 18.0. The lowest BCUT2D eigenvalue weighted by Crippen LogP contribution is -2.54. The molecule has 1 unspecified atom stereocenters. The molecule has 1 N–H and O–H groups in total. The number of aliphatic hydroxyl groups is 1. The molecule has 0 saturated carbocycles. The van der Waals surface area contributed by atoms with Crippen LogP contribution in [0.5, 0.6) is 0 Å². The molecule has 1 aromatic carbocycles. The minimum Gasteiger partial charge on any atom is -0.386 e. The number of para-hydroxylation sites is 1. The minimum absolute atomic E-state index is 0.0547. The molecule has 9 nitrogen and oxygen atoms in total. The largest absolute Gasteiger partial charge is 0.386 e. The van der Waals surface area contributed by atoms with Gasteiger partial charge in [0.25, 0.3) is 5.56 Å². The van der Waals surface area contributed by atoms with Crippen molar-refractivity contribution in [2.45, 2.75) is 37.8 Å². The van der Waals surface area contributed by atoms with Crippen molar-refractivity contribution in [1.82, 2.24) is 24.4 Å². The van der Waals surface area contributed by atoms with Crippen molar-refractivity contribution in [3.8, 4) is 0 Å². The van der Waals surface area contributed by atoms with Crippen LogP contribution in [0.3, 0.4) is 0 Å². The van der Waals surface area contributed by atoms with Gasteiger partial charge in [-0.1, -0.05) is 12.1 Å². The van der Waals surface area contributed by atoms with E-state index in [-0.39, 0.29) is 24.4 Å². The summed E-state index contributed by atoms with van der Waals surface area (Å²) in [5.74, 6) is -0.0547. The number of benzene rings is 1. The Morgan fingerprint density at radius 1 is 1.11 bits per heavy atom. The van der Waals surface area contributed by atoms with Gasteiger partial charge in [-0.25, -0.2) is 4.98 Å². The molecule has 36 heavy (non-hydrogen) atoms. The van der Waals surface area contributed by atoms with Gasteiger partial charge in [0.1, 0.15) is 0 Å². The fourth-order valence-corrected chi connectivity index (χ4v) is 5.08. The number of nitrogens with zero attached hydrogens (tertiary/aromatic N) is 6. The van der Waals surface area contributed by atoms with Gasteiger partial charge in [-0.3, -0.25) is 24.1 Å². The first-order valence-corrected chi connectivity index (χ1v) is 12.3. The van der Waals surface area contributed by atoms with Crippen LogP contribution in [-0.2, 0) is 11.3 Å². The molecule has 3 aromatic heterocycles. The van der Waals surface area contributed by atoms with Crippen LogP contribution in [0.15, 0.2) is 66.1 Å². The Balaban J connectivity index is 1.19. The number of carbonyl (C=O) groups is 1. The summed E-state index contributed by atoms with van der Waals surface area (Å²) in [5, 5.41) is 12.9. The molecule has 4 heterocycles. The predicted octanol–water partition coefficient (Wildman–Crippen LogP) is 2.61. The van der Waals surface area contributed by atoms with Crippen LogP contribution in [0.1, 0.15) is 25.7 Å². The van der Waals surface area contributed by atoms with Crippen LogP contribution in [0.2, 0.25) is 0 Å².